The highest BCUT2D eigenvalue weighted by Gasteiger charge is 2.32. The molecule has 0 heterocycles. The molecule has 0 atom stereocenters. The number of unbranched alkanes of at least 4 members (excludes halogenated alkanes) is 1. The standard InChI is InChI=1S/C58H48.C4H8.C4H10.C3H6.C2H6/c1-57(2,3)41-31-27-39(28-32-41)51-45-21-13-14-22-46(45)52(40-29-33-42(34-30-40)58(4,5)6)56-50-36-35-48(47-25-16-26-49(54(47)50)55(51)56)53-43(37-17-9-7-10-18-37)23-15-24-44(53)38-19-11-8-12-20-38;1-2-4-3-1;1-3-4-2;1-3-2;1-2/h7-36H,1-6H3;1-4H2;3-4H2,1-2H3;3H,1H2,2H3;1-2H3. The van der Waals surface area contributed by atoms with Gasteiger partial charge in [0, 0.05) is 0 Å². The van der Waals surface area contributed by atoms with Gasteiger partial charge in [-0.1, -0.05) is 296 Å². The van der Waals surface area contributed by atoms with Crippen LogP contribution >= 0.6 is 0 Å². The van der Waals surface area contributed by atoms with Gasteiger partial charge in [-0.15, -0.1) is 6.58 Å². The molecule has 362 valence electrons. The van der Waals surface area contributed by atoms with Gasteiger partial charge in [-0.05, 0) is 128 Å². The average Bonchev–Trinajstić information content (AvgIpc) is 3.70. The Kier molecular flexibility index (Phi) is 17.2. The molecule has 9 aromatic rings. The zero-order chi connectivity index (χ0) is 50.7. The van der Waals surface area contributed by atoms with Crippen LogP contribution in [0.4, 0.5) is 0 Å². The van der Waals surface area contributed by atoms with Gasteiger partial charge in [0.25, 0.3) is 0 Å². The van der Waals surface area contributed by atoms with Crippen molar-refractivity contribution in [3.8, 4) is 77.9 Å². The lowest BCUT2D eigenvalue weighted by Crippen LogP contribution is -2.10. The normalized spacial score (nSPS) is 12.1. The molecule has 0 nitrogen and oxygen atoms in total. The second kappa shape index (κ2) is 23.4. The summed E-state index contributed by atoms with van der Waals surface area (Å²) in [7, 11) is 0. The lowest BCUT2D eigenvalue weighted by atomic mass is 9.80. The van der Waals surface area contributed by atoms with E-state index in [9.17, 15) is 0 Å². The molecule has 0 aromatic heterocycles. The molecule has 0 heteroatoms. The number of allylic oxidation sites excluding steroid dienone is 1. The Morgan fingerprint density at radius 3 is 1.07 bits per heavy atom. The van der Waals surface area contributed by atoms with Gasteiger partial charge in [0.2, 0.25) is 0 Å². The van der Waals surface area contributed by atoms with Crippen LogP contribution in [0.15, 0.2) is 195 Å². The fourth-order valence-electron chi connectivity index (χ4n) is 9.70. The number of fused-ring (bicyclic) bond motifs is 4. The Morgan fingerprint density at radius 2 is 0.690 bits per heavy atom. The van der Waals surface area contributed by atoms with Crippen LogP contribution in [0.25, 0.3) is 99.4 Å². The van der Waals surface area contributed by atoms with Crippen LogP contribution in [-0.4, -0.2) is 0 Å². The molecular weight excluding hydrogens is 853 g/mol. The topological polar surface area (TPSA) is 0 Å². The first-order valence-electron chi connectivity index (χ1n) is 26.6. The fraction of sp³-hybridized carbons (Fsp3) is 0.268. The van der Waals surface area contributed by atoms with E-state index in [-0.39, 0.29) is 10.8 Å². The molecule has 0 N–H and O–H groups in total. The monoisotopic (exact) mass is 931 g/mol. The number of rotatable bonds is 6. The third kappa shape index (κ3) is 11.1. The van der Waals surface area contributed by atoms with Gasteiger partial charge in [-0.3, -0.25) is 0 Å². The van der Waals surface area contributed by atoms with Crippen molar-refractivity contribution in [1.29, 1.82) is 0 Å². The Morgan fingerprint density at radius 1 is 0.352 bits per heavy atom. The Bertz CT molecular complexity index is 2990. The van der Waals surface area contributed by atoms with E-state index in [0.717, 1.165) is 0 Å². The summed E-state index contributed by atoms with van der Waals surface area (Å²) in [5.74, 6) is 0. The molecule has 0 spiro atoms. The summed E-state index contributed by atoms with van der Waals surface area (Å²) in [6.45, 7) is 27.4. The molecule has 0 aliphatic heterocycles. The van der Waals surface area contributed by atoms with E-state index < -0.39 is 0 Å². The molecule has 0 amide bonds. The van der Waals surface area contributed by atoms with Gasteiger partial charge in [0.05, 0.1) is 0 Å². The van der Waals surface area contributed by atoms with Crippen molar-refractivity contribution < 1.29 is 0 Å². The Balaban J connectivity index is 0.000000510. The van der Waals surface area contributed by atoms with Crippen molar-refractivity contribution >= 4 is 21.5 Å². The van der Waals surface area contributed by atoms with Gasteiger partial charge < -0.3 is 0 Å². The highest BCUT2D eigenvalue weighted by atomic mass is 14.3. The lowest BCUT2D eigenvalue weighted by Gasteiger charge is -2.23. The molecule has 0 unspecified atom stereocenters. The summed E-state index contributed by atoms with van der Waals surface area (Å²) in [5.41, 5.74) is 20.6. The number of benzene rings is 9. The predicted octanol–water partition coefficient (Wildman–Crippen LogP) is 22.2. The van der Waals surface area contributed by atoms with E-state index in [0.29, 0.717) is 0 Å². The second-order valence-electron chi connectivity index (χ2n) is 20.9. The van der Waals surface area contributed by atoms with Crippen LogP contribution in [0, 0.1) is 0 Å². The van der Waals surface area contributed by atoms with Gasteiger partial charge in [0.15, 0.2) is 0 Å². The smallest absolute Gasteiger partial charge is 0.000741 e. The summed E-state index contributed by atoms with van der Waals surface area (Å²) in [6, 6.07) is 68.3. The third-order valence-electron chi connectivity index (χ3n) is 13.9. The van der Waals surface area contributed by atoms with E-state index in [1.54, 1.807) is 6.08 Å². The fourth-order valence-corrected chi connectivity index (χ4v) is 9.70. The zero-order valence-electron chi connectivity index (χ0n) is 44.8. The van der Waals surface area contributed by atoms with Gasteiger partial charge in [0.1, 0.15) is 0 Å². The minimum absolute atomic E-state index is 0.0680. The van der Waals surface area contributed by atoms with Crippen molar-refractivity contribution in [2.75, 3.05) is 0 Å². The van der Waals surface area contributed by atoms with Crippen molar-refractivity contribution in [1.82, 2.24) is 0 Å². The van der Waals surface area contributed by atoms with Crippen molar-refractivity contribution in [2.45, 2.75) is 126 Å². The molecule has 0 bridgehead atoms. The van der Waals surface area contributed by atoms with Crippen LogP contribution in [-0.2, 0) is 10.8 Å². The highest BCUT2D eigenvalue weighted by molar-refractivity contribution is 6.29. The molecule has 2 aliphatic carbocycles. The van der Waals surface area contributed by atoms with E-state index in [1.807, 2.05) is 20.8 Å². The summed E-state index contributed by atoms with van der Waals surface area (Å²) >= 11 is 0. The van der Waals surface area contributed by atoms with Crippen LogP contribution < -0.4 is 0 Å². The maximum absolute atomic E-state index is 3.36. The molecule has 1 fully saturated rings. The molecule has 0 radical (unpaired) electrons. The first kappa shape index (κ1) is 52.1. The molecule has 9 aromatic carbocycles. The van der Waals surface area contributed by atoms with Gasteiger partial charge in [-0.25, -0.2) is 0 Å². The van der Waals surface area contributed by atoms with E-state index in [2.05, 4.69) is 244 Å². The average molecular weight is 931 g/mol. The SMILES string of the molecule is C1CCC1.C=CC.CC.CC(C)(C)c1ccc(-c2c3c(c(-c4ccc(C(C)(C)C)cc4)c4ccccc24)-c2ccc(-c4c(-c5ccccc5)cccc4-c4ccccc4)c4cccc-3c24)cc1.CCCC. The number of hydrogen-bond donors (Lipinski definition) is 0. The van der Waals surface area contributed by atoms with Crippen molar-refractivity contribution in [3.05, 3.63) is 206 Å². The molecule has 0 saturated heterocycles. The van der Waals surface area contributed by atoms with Crippen LogP contribution in [0.3, 0.4) is 0 Å². The van der Waals surface area contributed by atoms with Crippen LogP contribution in [0.2, 0.25) is 0 Å². The third-order valence-corrected chi connectivity index (χ3v) is 13.9. The first-order valence-corrected chi connectivity index (χ1v) is 26.6. The Hall–Kier alpha value is -6.76. The second-order valence-corrected chi connectivity index (χ2v) is 20.9. The Labute approximate surface area is 428 Å². The quantitative estimate of drug-likeness (QED) is 0.146. The van der Waals surface area contributed by atoms with E-state index in [4.69, 9.17) is 0 Å². The maximum Gasteiger partial charge on any atom is -0.000741 e. The minimum Gasteiger partial charge on any atom is -0.103 e. The van der Waals surface area contributed by atoms with E-state index in [1.165, 1.54) is 149 Å². The minimum atomic E-state index is 0.0680. The molecule has 71 heavy (non-hydrogen) atoms. The van der Waals surface area contributed by atoms with E-state index >= 15 is 0 Å². The lowest BCUT2D eigenvalue weighted by molar-refractivity contribution is 0.504. The maximum atomic E-state index is 3.36. The summed E-state index contributed by atoms with van der Waals surface area (Å²) in [5, 5.41) is 5.17. The van der Waals surface area contributed by atoms with Crippen molar-refractivity contribution in [2.24, 2.45) is 0 Å². The molecule has 1 saturated carbocycles. The zero-order valence-corrected chi connectivity index (χ0v) is 44.8. The summed E-state index contributed by atoms with van der Waals surface area (Å²) < 4.78 is 0. The molecular formula is C71H78. The first-order chi connectivity index (χ1) is 34.4. The molecule has 2 aliphatic rings. The van der Waals surface area contributed by atoms with Crippen LogP contribution in [0.1, 0.15) is 126 Å². The van der Waals surface area contributed by atoms with Crippen molar-refractivity contribution in [3.63, 3.8) is 0 Å². The summed E-state index contributed by atoms with van der Waals surface area (Å²) in [4.78, 5) is 0. The van der Waals surface area contributed by atoms with Gasteiger partial charge >= 0.3 is 0 Å². The predicted molar refractivity (Wildman–Crippen MR) is 317 cm³/mol. The summed E-state index contributed by atoms with van der Waals surface area (Å²) in [6.07, 6.45) is 10.4. The molecule has 11 rings (SSSR count). The number of hydrogen-bond acceptors (Lipinski definition) is 0. The highest BCUT2D eigenvalue weighted by Crippen LogP contribution is 2.59. The largest absolute Gasteiger partial charge is 0.103 e. The van der Waals surface area contributed by atoms with Gasteiger partial charge in [-0.2, -0.15) is 0 Å². The van der Waals surface area contributed by atoms with Crippen LogP contribution in [0.5, 0.6) is 0 Å².